The molecule has 1 saturated carbocycles. The van der Waals surface area contributed by atoms with Gasteiger partial charge in [-0.25, -0.2) is 0 Å². The van der Waals surface area contributed by atoms with E-state index in [2.05, 4.69) is 54.0 Å². The van der Waals surface area contributed by atoms with Crippen LogP contribution >= 0.6 is 0 Å². The summed E-state index contributed by atoms with van der Waals surface area (Å²) in [6.45, 7) is 7.60. The van der Waals surface area contributed by atoms with Crippen molar-refractivity contribution in [2.24, 2.45) is 5.92 Å². The van der Waals surface area contributed by atoms with E-state index < -0.39 is 5.60 Å². The Morgan fingerprint density at radius 2 is 1.92 bits per heavy atom. The minimum atomic E-state index is -0.549. The van der Waals surface area contributed by atoms with Gasteiger partial charge in [-0.15, -0.1) is 0 Å². The number of rotatable bonds is 5. The molecule has 0 amide bonds. The normalized spacial score (nSPS) is 29.7. The molecule has 2 fully saturated rings. The molecular weight excluding hydrogens is 310 g/mol. The number of aliphatic hydroxyl groups is 1. The zero-order valence-electron chi connectivity index (χ0n) is 15.6. The first kappa shape index (κ1) is 18.2. The quantitative estimate of drug-likeness (QED) is 0.829. The van der Waals surface area contributed by atoms with Gasteiger partial charge in [-0.2, -0.15) is 5.26 Å². The Bertz CT molecular complexity index is 605. The average Bonchev–Trinajstić information content (AvgIpc) is 2.64. The van der Waals surface area contributed by atoms with Gasteiger partial charge in [0.15, 0.2) is 0 Å². The molecule has 2 aliphatic rings. The zero-order valence-corrected chi connectivity index (χ0v) is 15.6. The molecule has 1 aromatic carbocycles. The van der Waals surface area contributed by atoms with Crippen LogP contribution in [-0.2, 0) is 0 Å². The highest BCUT2D eigenvalue weighted by molar-refractivity contribution is 5.48. The third-order valence-corrected chi connectivity index (χ3v) is 6.31. The van der Waals surface area contributed by atoms with E-state index >= 15 is 0 Å². The second-order valence-corrected chi connectivity index (χ2v) is 7.54. The number of benzene rings is 1. The summed E-state index contributed by atoms with van der Waals surface area (Å²) in [7, 11) is 0. The Balaban J connectivity index is 1.91. The first-order valence-electron chi connectivity index (χ1n) is 9.81. The van der Waals surface area contributed by atoms with E-state index in [0.717, 1.165) is 45.3 Å². The summed E-state index contributed by atoms with van der Waals surface area (Å²) >= 11 is 0. The van der Waals surface area contributed by atoms with E-state index in [1.54, 1.807) is 0 Å². The van der Waals surface area contributed by atoms with Crippen LogP contribution in [0.4, 0.5) is 5.69 Å². The van der Waals surface area contributed by atoms with E-state index in [4.69, 9.17) is 0 Å². The molecular formula is C21H31N3O. The van der Waals surface area contributed by atoms with Crippen molar-refractivity contribution < 1.29 is 5.11 Å². The van der Waals surface area contributed by atoms with E-state index in [1.807, 2.05) is 0 Å². The van der Waals surface area contributed by atoms with Crippen LogP contribution in [0.15, 0.2) is 24.3 Å². The van der Waals surface area contributed by atoms with Gasteiger partial charge >= 0.3 is 0 Å². The summed E-state index contributed by atoms with van der Waals surface area (Å²) in [6, 6.07) is 11.3. The predicted octanol–water partition coefficient (Wildman–Crippen LogP) is 3.72. The lowest BCUT2D eigenvalue weighted by Gasteiger charge is -2.52. The maximum atomic E-state index is 11.2. The number of piperidine rings is 1. The van der Waals surface area contributed by atoms with Crippen molar-refractivity contribution in [1.82, 2.24) is 4.90 Å². The van der Waals surface area contributed by atoms with Crippen molar-refractivity contribution in [3.63, 3.8) is 0 Å². The van der Waals surface area contributed by atoms with E-state index in [9.17, 15) is 10.4 Å². The van der Waals surface area contributed by atoms with Crippen LogP contribution in [-0.4, -0.2) is 41.8 Å². The number of anilines is 1. The van der Waals surface area contributed by atoms with E-state index in [0.29, 0.717) is 6.54 Å². The van der Waals surface area contributed by atoms with Crippen molar-refractivity contribution in [2.45, 2.75) is 57.6 Å². The van der Waals surface area contributed by atoms with Crippen molar-refractivity contribution in [3.8, 4) is 6.07 Å². The number of likely N-dealkylation sites (tertiary alicyclic amines) is 1. The first-order valence-corrected chi connectivity index (χ1v) is 9.81. The van der Waals surface area contributed by atoms with Gasteiger partial charge in [0.1, 0.15) is 0 Å². The predicted molar refractivity (Wildman–Crippen MR) is 101 cm³/mol. The highest BCUT2D eigenvalue weighted by Gasteiger charge is 2.48. The lowest BCUT2D eigenvalue weighted by molar-refractivity contribution is -0.121. The molecule has 3 rings (SSSR count). The molecule has 3 atom stereocenters. The van der Waals surface area contributed by atoms with E-state index in [-0.39, 0.29) is 12.0 Å². The Kier molecular flexibility index (Phi) is 5.66. The molecule has 136 valence electrons. The molecule has 0 radical (unpaired) electrons. The smallest absolute Gasteiger partial charge is 0.0871 e. The summed E-state index contributed by atoms with van der Waals surface area (Å²) in [5.41, 5.74) is 1.94. The lowest BCUT2D eigenvalue weighted by Crippen LogP contribution is -2.54. The standard InChI is InChI=1S/C21H31N3O/c1-3-23(4-2)18-10-8-17(9-11-18)20-19-7-5-6-12-21(19,25)13-15-24(20)16-14-22/h8-11,19-20,25H,3-7,12-13,15-16H2,1-2H3/t19-,20+,21-/m1/s1. The van der Waals surface area contributed by atoms with Crippen LogP contribution in [0.2, 0.25) is 0 Å². The topological polar surface area (TPSA) is 50.5 Å². The Morgan fingerprint density at radius 3 is 2.56 bits per heavy atom. The number of hydrogen-bond acceptors (Lipinski definition) is 4. The minimum absolute atomic E-state index is 0.157. The van der Waals surface area contributed by atoms with Gasteiger partial charge in [0, 0.05) is 37.3 Å². The Hall–Kier alpha value is -1.57. The molecule has 0 spiro atoms. The van der Waals surface area contributed by atoms with Gasteiger partial charge in [-0.05, 0) is 50.8 Å². The monoisotopic (exact) mass is 341 g/mol. The molecule has 4 nitrogen and oxygen atoms in total. The largest absolute Gasteiger partial charge is 0.389 e. The van der Waals surface area contributed by atoms with Crippen LogP contribution < -0.4 is 4.90 Å². The van der Waals surface area contributed by atoms with Crippen molar-refractivity contribution in [2.75, 3.05) is 31.1 Å². The number of fused-ring (bicyclic) bond motifs is 1. The summed E-state index contributed by atoms with van der Waals surface area (Å²) in [6.07, 6.45) is 5.07. The van der Waals surface area contributed by atoms with Crippen LogP contribution in [0.5, 0.6) is 0 Å². The summed E-state index contributed by atoms with van der Waals surface area (Å²) in [4.78, 5) is 4.62. The lowest BCUT2D eigenvalue weighted by atomic mass is 9.66. The highest BCUT2D eigenvalue weighted by atomic mass is 16.3. The van der Waals surface area contributed by atoms with Crippen molar-refractivity contribution >= 4 is 5.69 Å². The molecule has 1 saturated heterocycles. The van der Waals surface area contributed by atoms with Gasteiger partial charge in [0.25, 0.3) is 0 Å². The second kappa shape index (κ2) is 7.76. The fourth-order valence-electron chi connectivity index (χ4n) is 4.92. The van der Waals surface area contributed by atoms with Gasteiger partial charge < -0.3 is 10.0 Å². The van der Waals surface area contributed by atoms with Gasteiger partial charge in [-0.3, -0.25) is 4.90 Å². The molecule has 25 heavy (non-hydrogen) atoms. The van der Waals surface area contributed by atoms with Crippen molar-refractivity contribution in [3.05, 3.63) is 29.8 Å². The Labute approximate surface area is 152 Å². The van der Waals surface area contributed by atoms with Gasteiger partial charge in [-0.1, -0.05) is 25.0 Å². The SMILES string of the molecule is CCN(CC)c1ccc([C@H]2[C@H]3CCCC[C@@]3(O)CCN2CC#N)cc1. The third kappa shape index (κ3) is 3.54. The van der Waals surface area contributed by atoms with Crippen LogP contribution in [0.25, 0.3) is 0 Å². The second-order valence-electron chi connectivity index (χ2n) is 7.54. The van der Waals surface area contributed by atoms with Crippen molar-refractivity contribution in [1.29, 1.82) is 5.26 Å². The molecule has 1 aliphatic carbocycles. The average molecular weight is 341 g/mol. The molecule has 1 N–H and O–H groups in total. The maximum Gasteiger partial charge on any atom is 0.0871 e. The molecule has 1 aliphatic heterocycles. The molecule has 0 unspecified atom stereocenters. The van der Waals surface area contributed by atoms with Crippen LogP contribution in [0, 0.1) is 17.2 Å². The van der Waals surface area contributed by atoms with Gasteiger partial charge in [0.05, 0.1) is 18.2 Å². The third-order valence-electron chi connectivity index (χ3n) is 6.31. The number of hydrogen-bond donors (Lipinski definition) is 1. The molecule has 1 heterocycles. The Morgan fingerprint density at radius 1 is 1.20 bits per heavy atom. The zero-order chi connectivity index (χ0) is 17.9. The van der Waals surface area contributed by atoms with Gasteiger partial charge in [0.2, 0.25) is 0 Å². The van der Waals surface area contributed by atoms with E-state index in [1.165, 1.54) is 17.7 Å². The summed E-state index contributed by atoms with van der Waals surface area (Å²) < 4.78 is 0. The fourth-order valence-corrected chi connectivity index (χ4v) is 4.92. The maximum absolute atomic E-state index is 11.2. The molecule has 0 bridgehead atoms. The van der Waals surface area contributed by atoms with Crippen LogP contribution in [0.1, 0.15) is 57.6 Å². The highest BCUT2D eigenvalue weighted by Crippen LogP contribution is 2.49. The first-order chi connectivity index (χ1) is 12.1. The molecule has 0 aromatic heterocycles. The molecule has 1 aromatic rings. The molecule has 4 heteroatoms. The summed E-state index contributed by atoms with van der Waals surface area (Å²) in [5.74, 6) is 0.239. The number of nitrogens with zero attached hydrogens (tertiary/aromatic N) is 3. The fraction of sp³-hybridized carbons (Fsp3) is 0.667. The minimum Gasteiger partial charge on any atom is -0.389 e. The number of nitriles is 1. The van der Waals surface area contributed by atoms with Crippen LogP contribution in [0.3, 0.4) is 0 Å². The summed E-state index contributed by atoms with van der Waals surface area (Å²) in [5, 5.41) is 20.5.